The van der Waals surface area contributed by atoms with E-state index in [-0.39, 0.29) is 42.7 Å². The van der Waals surface area contributed by atoms with Crippen molar-refractivity contribution < 1.29 is 52.0 Å². The zero-order valence-electron chi connectivity index (χ0n) is 15.1. The Bertz CT molecular complexity index is 393. The number of ether oxygens (including phenoxy) is 1. The summed E-state index contributed by atoms with van der Waals surface area (Å²) in [6.07, 6.45) is 11.7. The zero-order chi connectivity index (χ0) is 17.4. The van der Waals surface area contributed by atoms with Crippen LogP contribution in [0, 0.1) is 0 Å². The fourth-order valence-corrected chi connectivity index (χ4v) is 2.59. The number of amides is 1. The van der Waals surface area contributed by atoms with Gasteiger partial charge in [0, 0.05) is 6.54 Å². The van der Waals surface area contributed by atoms with Gasteiger partial charge in [0.15, 0.2) is 0 Å². The molecule has 0 fully saturated rings. The van der Waals surface area contributed by atoms with Gasteiger partial charge >= 0.3 is 35.7 Å². The van der Waals surface area contributed by atoms with Crippen molar-refractivity contribution in [3.8, 4) is 0 Å². The third-order valence-corrected chi connectivity index (χ3v) is 4.07. The molecule has 6 nitrogen and oxygen atoms in total. The maximum Gasteiger partial charge on any atom is 1.00 e. The molecular weight excluding hydrogens is 361 g/mol. The summed E-state index contributed by atoms with van der Waals surface area (Å²) in [6.45, 7) is 2.47. The molecule has 0 aliphatic carbocycles. The second kappa shape index (κ2) is 18.4. The van der Waals surface area contributed by atoms with Crippen molar-refractivity contribution in [3.63, 3.8) is 0 Å². The van der Waals surface area contributed by atoms with Crippen LogP contribution in [-0.2, 0) is 29.2 Å². The summed E-state index contributed by atoms with van der Waals surface area (Å²) in [5.41, 5.74) is 0. The van der Waals surface area contributed by atoms with E-state index in [1.807, 2.05) is 0 Å². The number of unbranched alkanes of at least 4 members (excludes halogenated alkanes) is 9. The van der Waals surface area contributed by atoms with Crippen LogP contribution < -0.4 is 34.9 Å². The molecule has 0 bridgehead atoms. The van der Waals surface area contributed by atoms with Crippen LogP contribution in [0.25, 0.3) is 0 Å². The Balaban J connectivity index is 0. The first-order valence-corrected chi connectivity index (χ1v) is 10.8. The maximum atomic E-state index is 11.3. The monoisotopic (exact) mass is 391 g/mol. The molecule has 0 aliphatic rings. The number of carbonyl (C=O) groups is 1. The maximum absolute atomic E-state index is 11.3. The molecular formula is C15H30NNaO5S2. The van der Waals surface area contributed by atoms with Crippen molar-refractivity contribution >= 4 is 26.3 Å². The van der Waals surface area contributed by atoms with Crippen LogP contribution >= 0.6 is 0 Å². The quantitative estimate of drug-likeness (QED) is 0.322. The Morgan fingerprint density at radius 1 is 1.00 bits per heavy atom. The molecule has 0 radical (unpaired) electrons. The number of nitrogens with one attached hydrogen (secondary N) is 1. The van der Waals surface area contributed by atoms with Crippen molar-refractivity contribution in [2.75, 3.05) is 19.8 Å². The fourth-order valence-electron chi connectivity index (χ4n) is 2.10. The summed E-state index contributed by atoms with van der Waals surface area (Å²) in [4.78, 5) is 11.3. The SMILES string of the molecule is CCCCCCCCCCCCOC(=O)NCCOS(=O)([O-])=S.[Na+]. The van der Waals surface area contributed by atoms with Crippen LogP contribution in [0.15, 0.2) is 0 Å². The van der Waals surface area contributed by atoms with E-state index in [4.69, 9.17) is 4.74 Å². The Labute approximate surface area is 173 Å². The molecule has 0 heterocycles. The van der Waals surface area contributed by atoms with Crippen LogP contribution in [0.4, 0.5) is 4.79 Å². The van der Waals surface area contributed by atoms with Gasteiger partial charge in [-0.05, 0) is 17.6 Å². The number of rotatable bonds is 15. The first-order valence-electron chi connectivity index (χ1n) is 8.46. The molecule has 9 heteroatoms. The molecule has 0 saturated heterocycles. The minimum atomic E-state index is -3.87. The third kappa shape index (κ3) is 22.6. The summed E-state index contributed by atoms with van der Waals surface area (Å²) < 4.78 is 30.3. The molecule has 0 aromatic rings. The summed E-state index contributed by atoms with van der Waals surface area (Å²) in [5, 5.41) is 2.39. The van der Waals surface area contributed by atoms with Gasteiger partial charge in [0.25, 0.3) is 0 Å². The van der Waals surface area contributed by atoms with E-state index in [1.165, 1.54) is 51.4 Å². The summed E-state index contributed by atoms with van der Waals surface area (Å²) in [5.74, 6) is 0. The van der Waals surface area contributed by atoms with Gasteiger partial charge in [0.2, 0.25) is 0 Å². The van der Waals surface area contributed by atoms with Gasteiger partial charge in [0.1, 0.15) is 0 Å². The van der Waals surface area contributed by atoms with Crippen LogP contribution in [0.2, 0.25) is 0 Å². The van der Waals surface area contributed by atoms with Gasteiger partial charge in [-0.15, -0.1) is 0 Å². The minimum Gasteiger partial charge on any atom is -0.748 e. The normalized spacial score (nSPS) is 12.9. The van der Waals surface area contributed by atoms with E-state index in [1.54, 1.807) is 0 Å². The molecule has 0 rings (SSSR count). The first kappa shape index (κ1) is 26.8. The largest absolute Gasteiger partial charge is 1.00 e. The number of hydrogen-bond donors (Lipinski definition) is 1. The topological polar surface area (TPSA) is 87.7 Å². The van der Waals surface area contributed by atoms with Gasteiger partial charge in [-0.25, -0.2) is 9.00 Å². The van der Waals surface area contributed by atoms with Gasteiger partial charge in [-0.2, -0.15) is 0 Å². The second-order valence-corrected chi connectivity index (χ2v) is 7.75. The Morgan fingerprint density at radius 2 is 1.50 bits per heavy atom. The van der Waals surface area contributed by atoms with Gasteiger partial charge in [-0.3, -0.25) is 4.18 Å². The minimum absolute atomic E-state index is 0. The standard InChI is InChI=1S/C15H31NO5S2.Na/c1-2-3-4-5-6-7-8-9-10-11-13-20-15(17)16-12-14-21-23(18,19)22;/h2-14H2,1H3,(H,16,17)(H,18,19,22);/q;+1/p-1. The predicted molar refractivity (Wildman–Crippen MR) is 93.4 cm³/mol. The second-order valence-electron chi connectivity index (χ2n) is 5.47. The van der Waals surface area contributed by atoms with Crippen molar-refractivity contribution in [2.24, 2.45) is 0 Å². The van der Waals surface area contributed by atoms with E-state index in [2.05, 4.69) is 27.6 Å². The van der Waals surface area contributed by atoms with Gasteiger partial charge < -0.3 is 14.6 Å². The molecule has 24 heavy (non-hydrogen) atoms. The summed E-state index contributed by atoms with van der Waals surface area (Å²) in [7, 11) is -3.87. The van der Waals surface area contributed by atoms with Crippen molar-refractivity contribution in [1.82, 2.24) is 5.32 Å². The van der Waals surface area contributed by atoms with Gasteiger partial charge in [0.05, 0.1) is 22.3 Å². The van der Waals surface area contributed by atoms with Crippen molar-refractivity contribution in [2.45, 2.75) is 71.1 Å². The number of alkyl carbamates (subject to hydrolysis) is 1. The van der Waals surface area contributed by atoms with Crippen LogP contribution in [0.1, 0.15) is 71.1 Å². The molecule has 1 N–H and O–H groups in total. The van der Waals surface area contributed by atoms with Crippen LogP contribution in [-0.4, -0.2) is 34.6 Å². The zero-order valence-corrected chi connectivity index (χ0v) is 18.7. The van der Waals surface area contributed by atoms with Crippen LogP contribution in [0.5, 0.6) is 0 Å². The van der Waals surface area contributed by atoms with Crippen LogP contribution in [0.3, 0.4) is 0 Å². The van der Waals surface area contributed by atoms with Crippen molar-refractivity contribution in [1.29, 1.82) is 0 Å². The Hall–Kier alpha value is 0.560. The van der Waals surface area contributed by atoms with E-state index in [9.17, 15) is 13.6 Å². The van der Waals surface area contributed by atoms with Crippen molar-refractivity contribution in [3.05, 3.63) is 0 Å². The van der Waals surface area contributed by atoms with Gasteiger partial charge in [-0.1, -0.05) is 64.7 Å². The molecule has 1 atom stereocenters. The van der Waals surface area contributed by atoms with E-state index in [0.29, 0.717) is 6.61 Å². The molecule has 0 saturated carbocycles. The van der Waals surface area contributed by atoms with E-state index >= 15 is 0 Å². The average molecular weight is 392 g/mol. The molecule has 0 spiro atoms. The van der Waals surface area contributed by atoms with E-state index in [0.717, 1.165) is 12.8 Å². The molecule has 0 aromatic carbocycles. The number of hydrogen-bond acceptors (Lipinski definition) is 6. The molecule has 0 aliphatic heterocycles. The molecule has 138 valence electrons. The first-order chi connectivity index (χ1) is 11.0. The Morgan fingerprint density at radius 3 is 2.00 bits per heavy atom. The smallest absolute Gasteiger partial charge is 0.748 e. The molecule has 1 amide bonds. The molecule has 0 aromatic heterocycles. The summed E-state index contributed by atoms with van der Waals surface area (Å²) >= 11 is 4.03. The van der Waals surface area contributed by atoms with E-state index < -0.39 is 15.1 Å². The Kier molecular flexibility index (Phi) is 20.5. The average Bonchev–Trinajstić information content (AvgIpc) is 2.48. The molecule has 1 unspecified atom stereocenters. The fraction of sp³-hybridized carbons (Fsp3) is 0.933. The number of carbonyl (C=O) groups excluding carboxylic acids is 1. The summed E-state index contributed by atoms with van der Waals surface area (Å²) in [6, 6.07) is 0. The predicted octanol–water partition coefficient (Wildman–Crippen LogP) is 0.446. The third-order valence-electron chi connectivity index (χ3n) is 3.33.